The molecule has 1 unspecified atom stereocenters. The summed E-state index contributed by atoms with van der Waals surface area (Å²) in [6.07, 6.45) is 0. The highest BCUT2D eigenvalue weighted by Gasteiger charge is 2.30. The van der Waals surface area contributed by atoms with E-state index >= 15 is 0 Å². The smallest absolute Gasteiger partial charge is 0.310 e. The van der Waals surface area contributed by atoms with Crippen molar-refractivity contribution in [3.05, 3.63) is 29.8 Å². The van der Waals surface area contributed by atoms with E-state index in [1.807, 2.05) is 0 Å². The van der Waals surface area contributed by atoms with Crippen molar-refractivity contribution in [2.75, 3.05) is 5.75 Å². The molecule has 0 saturated heterocycles. The SMILES string of the molecule is CC(C)(CS(=O)c1ccc(F)c(F)c1)C(=O)O. The summed E-state index contributed by atoms with van der Waals surface area (Å²) < 4.78 is 37.4. The van der Waals surface area contributed by atoms with Crippen LogP contribution in [0, 0.1) is 17.0 Å². The highest BCUT2D eigenvalue weighted by Crippen LogP contribution is 2.21. The third kappa shape index (κ3) is 3.33. The number of carbonyl (C=O) groups is 1. The molecule has 1 aromatic carbocycles. The van der Waals surface area contributed by atoms with Gasteiger partial charge in [-0.15, -0.1) is 0 Å². The van der Waals surface area contributed by atoms with Crippen LogP contribution >= 0.6 is 0 Å². The first kappa shape index (κ1) is 13.8. The Bertz CT molecular complexity index is 472. The molecule has 3 nitrogen and oxygen atoms in total. The van der Waals surface area contributed by atoms with Crippen molar-refractivity contribution in [1.29, 1.82) is 0 Å². The maximum Gasteiger partial charge on any atom is 0.310 e. The molecule has 1 atom stereocenters. The van der Waals surface area contributed by atoms with Crippen molar-refractivity contribution in [1.82, 2.24) is 0 Å². The Hall–Kier alpha value is -1.30. The Morgan fingerprint density at radius 3 is 2.41 bits per heavy atom. The van der Waals surface area contributed by atoms with Crippen LogP contribution in [0.2, 0.25) is 0 Å². The summed E-state index contributed by atoms with van der Waals surface area (Å²) in [5, 5.41) is 8.87. The highest BCUT2D eigenvalue weighted by molar-refractivity contribution is 7.85. The molecule has 17 heavy (non-hydrogen) atoms. The van der Waals surface area contributed by atoms with Crippen LogP contribution in [-0.2, 0) is 15.6 Å². The van der Waals surface area contributed by atoms with Crippen molar-refractivity contribution in [2.24, 2.45) is 5.41 Å². The normalized spacial score (nSPS) is 13.4. The van der Waals surface area contributed by atoms with Crippen LogP contribution in [0.3, 0.4) is 0 Å². The van der Waals surface area contributed by atoms with Crippen LogP contribution in [0.4, 0.5) is 8.78 Å². The van der Waals surface area contributed by atoms with Gasteiger partial charge >= 0.3 is 5.97 Å². The van der Waals surface area contributed by atoms with Crippen LogP contribution in [0.5, 0.6) is 0 Å². The Labute approximate surface area is 99.9 Å². The van der Waals surface area contributed by atoms with E-state index in [0.717, 1.165) is 12.1 Å². The van der Waals surface area contributed by atoms with Crippen LogP contribution in [0.1, 0.15) is 13.8 Å². The number of halogens is 2. The molecule has 0 aliphatic heterocycles. The van der Waals surface area contributed by atoms with E-state index in [1.165, 1.54) is 19.9 Å². The lowest BCUT2D eigenvalue weighted by molar-refractivity contribution is -0.145. The summed E-state index contributed by atoms with van der Waals surface area (Å²) >= 11 is 0. The van der Waals surface area contributed by atoms with E-state index in [1.54, 1.807) is 0 Å². The first-order chi connectivity index (χ1) is 7.74. The number of hydrogen-bond acceptors (Lipinski definition) is 2. The molecular weight excluding hydrogens is 250 g/mol. The molecule has 0 bridgehead atoms. The average molecular weight is 262 g/mol. The molecule has 94 valence electrons. The molecular formula is C11H12F2O3S. The van der Waals surface area contributed by atoms with E-state index in [2.05, 4.69) is 0 Å². The monoisotopic (exact) mass is 262 g/mol. The van der Waals surface area contributed by atoms with Gasteiger partial charge in [0.25, 0.3) is 0 Å². The quantitative estimate of drug-likeness (QED) is 0.904. The molecule has 6 heteroatoms. The minimum atomic E-state index is -1.68. The average Bonchev–Trinajstić information content (AvgIpc) is 2.21. The number of rotatable bonds is 4. The zero-order chi connectivity index (χ0) is 13.2. The van der Waals surface area contributed by atoms with Gasteiger partial charge in [-0.25, -0.2) is 8.78 Å². The molecule has 0 amide bonds. The number of hydrogen-bond donors (Lipinski definition) is 1. The second-order valence-corrected chi connectivity index (χ2v) is 5.71. The number of aliphatic carboxylic acids is 1. The fraction of sp³-hybridized carbons (Fsp3) is 0.364. The molecule has 1 N–H and O–H groups in total. The summed E-state index contributed by atoms with van der Waals surface area (Å²) in [5.41, 5.74) is -1.18. The third-order valence-corrected chi connectivity index (χ3v) is 3.99. The Balaban J connectivity index is 2.91. The van der Waals surface area contributed by atoms with Gasteiger partial charge < -0.3 is 5.11 Å². The summed E-state index contributed by atoms with van der Waals surface area (Å²) in [7, 11) is -1.68. The van der Waals surface area contributed by atoms with Gasteiger partial charge in [-0.05, 0) is 32.0 Å². The van der Waals surface area contributed by atoms with Crippen molar-refractivity contribution < 1.29 is 22.9 Å². The van der Waals surface area contributed by atoms with Gasteiger partial charge in [0, 0.05) is 10.6 Å². The molecule has 0 aromatic heterocycles. The largest absolute Gasteiger partial charge is 0.481 e. The van der Waals surface area contributed by atoms with Gasteiger partial charge in [-0.1, -0.05) is 0 Å². The van der Waals surface area contributed by atoms with Crippen LogP contribution < -0.4 is 0 Å². The van der Waals surface area contributed by atoms with Crippen molar-refractivity contribution in [2.45, 2.75) is 18.7 Å². The molecule has 0 spiro atoms. The topological polar surface area (TPSA) is 54.4 Å². The summed E-state index contributed by atoms with van der Waals surface area (Å²) in [5.74, 6) is -3.37. The van der Waals surface area contributed by atoms with Gasteiger partial charge in [-0.2, -0.15) is 0 Å². The molecule has 0 saturated carbocycles. The first-order valence-corrected chi connectivity index (χ1v) is 6.13. The lowest BCUT2D eigenvalue weighted by atomic mass is 9.97. The Morgan fingerprint density at radius 2 is 1.94 bits per heavy atom. The lowest BCUT2D eigenvalue weighted by Crippen LogP contribution is -2.30. The highest BCUT2D eigenvalue weighted by atomic mass is 32.2. The lowest BCUT2D eigenvalue weighted by Gasteiger charge is -2.18. The van der Waals surface area contributed by atoms with Gasteiger partial charge in [0.1, 0.15) is 0 Å². The second-order valence-electron chi connectivity index (χ2n) is 4.25. The first-order valence-electron chi connectivity index (χ1n) is 4.81. The standard InChI is InChI=1S/C11H12F2O3S/c1-11(2,10(14)15)6-17(16)7-3-4-8(12)9(13)5-7/h3-5H,6H2,1-2H3,(H,14,15). The van der Waals surface area contributed by atoms with Crippen molar-refractivity contribution >= 4 is 16.8 Å². The number of benzene rings is 1. The zero-order valence-electron chi connectivity index (χ0n) is 9.37. The minimum absolute atomic E-state index is 0.0817. The predicted molar refractivity (Wildman–Crippen MR) is 59.1 cm³/mol. The van der Waals surface area contributed by atoms with E-state index in [4.69, 9.17) is 5.11 Å². The maximum atomic E-state index is 12.9. The van der Waals surface area contributed by atoms with Gasteiger partial charge in [-0.3, -0.25) is 9.00 Å². The Kier molecular flexibility index (Phi) is 3.98. The molecule has 1 aromatic rings. The molecule has 0 radical (unpaired) electrons. The van der Waals surface area contributed by atoms with Crippen molar-refractivity contribution in [3.63, 3.8) is 0 Å². The molecule has 1 rings (SSSR count). The fourth-order valence-electron chi connectivity index (χ4n) is 1.09. The van der Waals surface area contributed by atoms with E-state index in [-0.39, 0.29) is 10.6 Å². The van der Waals surface area contributed by atoms with E-state index in [9.17, 15) is 17.8 Å². The van der Waals surface area contributed by atoms with Crippen LogP contribution in [-0.4, -0.2) is 21.0 Å². The number of carboxylic acids is 1. The molecule has 0 aliphatic carbocycles. The van der Waals surface area contributed by atoms with Crippen LogP contribution in [0.25, 0.3) is 0 Å². The van der Waals surface area contributed by atoms with Crippen molar-refractivity contribution in [3.8, 4) is 0 Å². The summed E-state index contributed by atoms with van der Waals surface area (Å²) in [6, 6.07) is 2.88. The molecule has 0 aliphatic rings. The fourth-order valence-corrected chi connectivity index (χ4v) is 2.49. The summed E-state index contributed by atoms with van der Waals surface area (Å²) in [6.45, 7) is 2.85. The number of carboxylic acid groups (broad SMARTS) is 1. The molecule has 0 heterocycles. The third-order valence-electron chi connectivity index (χ3n) is 2.22. The van der Waals surface area contributed by atoms with Gasteiger partial charge in [0.05, 0.1) is 16.2 Å². The Morgan fingerprint density at radius 1 is 1.35 bits per heavy atom. The molecule has 0 fully saturated rings. The summed E-state index contributed by atoms with van der Waals surface area (Å²) in [4.78, 5) is 10.9. The zero-order valence-corrected chi connectivity index (χ0v) is 10.2. The maximum absolute atomic E-state index is 12.9. The van der Waals surface area contributed by atoms with Crippen LogP contribution in [0.15, 0.2) is 23.1 Å². The predicted octanol–water partition coefficient (Wildman–Crippen LogP) is 2.18. The van der Waals surface area contributed by atoms with E-state index in [0.29, 0.717) is 0 Å². The van der Waals surface area contributed by atoms with E-state index < -0.39 is 33.8 Å². The van der Waals surface area contributed by atoms with Gasteiger partial charge in [0.15, 0.2) is 11.6 Å². The second kappa shape index (κ2) is 4.91. The minimum Gasteiger partial charge on any atom is -0.481 e. The van der Waals surface area contributed by atoms with Gasteiger partial charge in [0.2, 0.25) is 0 Å².